The number of amides is 1. The number of anilines is 1. The molecule has 82 valence electrons. The van der Waals surface area contributed by atoms with Gasteiger partial charge in [-0.05, 0) is 18.4 Å². The smallest absolute Gasteiger partial charge is 0.341 e. The minimum absolute atomic E-state index is 0.192. The first-order valence-corrected chi connectivity index (χ1v) is 6.29. The predicted molar refractivity (Wildman–Crippen MR) is 62.7 cm³/mol. The third kappa shape index (κ3) is 3.32. The SMILES string of the molecule is CCOC(=O)c1ccsc1NC(=O)CBr. The molecule has 1 rings (SSSR count). The van der Waals surface area contributed by atoms with E-state index in [0.29, 0.717) is 17.2 Å². The molecule has 0 spiro atoms. The molecule has 1 aromatic heterocycles. The summed E-state index contributed by atoms with van der Waals surface area (Å²) in [5.74, 6) is -0.605. The van der Waals surface area contributed by atoms with Crippen LogP contribution in [0.4, 0.5) is 5.00 Å². The van der Waals surface area contributed by atoms with Crippen molar-refractivity contribution >= 4 is 44.1 Å². The van der Waals surface area contributed by atoms with Crippen LogP contribution in [0.15, 0.2) is 11.4 Å². The number of hydrogen-bond acceptors (Lipinski definition) is 4. The Morgan fingerprint density at radius 2 is 2.33 bits per heavy atom. The average Bonchev–Trinajstić information content (AvgIpc) is 2.66. The number of alkyl halides is 1. The minimum atomic E-state index is -0.413. The molecule has 0 aliphatic heterocycles. The molecule has 1 N–H and O–H groups in total. The lowest BCUT2D eigenvalue weighted by Crippen LogP contribution is -2.14. The zero-order valence-electron chi connectivity index (χ0n) is 8.08. The van der Waals surface area contributed by atoms with Gasteiger partial charge in [0.2, 0.25) is 5.91 Å². The number of carbonyl (C=O) groups is 2. The molecule has 6 heteroatoms. The van der Waals surface area contributed by atoms with Crippen molar-refractivity contribution in [1.82, 2.24) is 0 Å². The topological polar surface area (TPSA) is 55.4 Å². The summed E-state index contributed by atoms with van der Waals surface area (Å²) in [6.07, 6.45) is 0. The monoisotopic (exact) mass is 291 g/mol. The van der Waals surface area contributed by atoms with Crippen LogP contribution in [0.25, 0.3) is 0 Å². The lowest BCUT2D eigenvalue weighted by molar-refractivity contribution is -0.113. The Balaban J connectivity index is 2.77. The summed E-state index contributed by atoms with van der Waals surface area (Å²) >= 11 is 4.32. The Labute approximate surface area is 99.8 Å². The second kappa shape index (κ2) is 5.87. The van der Waals surface area contributed by atoms with E-state index >= 15 is 0 Å². The predicted octanol–water partition coefficient (Wildman–Crippen LogP) is 2.26. The Kier molecular flexibility index (Phi) is 4.77. The lowest BCUT2D eigenvalue weighted by Gasteiger charge is -2.04. The van der Waals surface area contributed by atoms with Gasteiger partial charge in [0.15, 0.2) is 0 Å². The summed E-state index contributed by atoms with van der Waals surface area (Å²) in [5, 5.41) is 5.07. The highest BCUT2D eigenvalue weighted by Gasteiger charge is 2.15. The number of thiophene rings is 1. The Morgan fingerprint density at radius 3 is 2.93 bits per heavy atom. The molecule has 15 heavy (non-hydrogen) atoms. The average molecular weight is 292 g/mol. The molecule has 0 saturated heterocycles. The normalized spacial score (nSPS) is 9.73. The first-order valence-electron chi connectivity index (χ1n) is 4.29. The summed E-state index contributed by atoms with van der Waals surface area (Å²) in [6.45, 7) is 2.06. The molecule has 0 radical (unpaired) electrons. The molecule has 0 aliphatic rings. The molecule has 0 aliphatic carbocycles. The fourth-order valence-corrected chi connectivity index (χ4v) is 1.87. The van der Waals surface area contributed by atoms with Gasteiger partial charge in [-0.3, -0.25) is 4.79 Å². The summed E-state index contributed by atoms with van der Waals surface area (Å²) in [4.78, 5) is 22.5. The molecule has 1 aromatic rings. The molecule has 1 amide bonds. The Morgan fingerprint density at radius 1 is 1.60 bits per heavy atom. The minimum Gasteiger partial charge on any atom is -0.462 e. The van der Waals surface area contributed by atoms with E-state index in [-0.39, 0.29) is 11.2 Å². The number of nitrogens with one attached hydrogen (secondary N) is 1. The number of hydrogen-bond donors (Lipinski definition) is 1. The maximum absolute atomic E-state index is 11.4. The zero-order valence-corrected chi connectivity index (χ0v) is 10.5. The van der Waals surface area contributed by atoms with E-state index in [1.807, 2.05) is 0 Å². The third-order valence-corrected chi connectivity index (χ3v) is 2.87. The fraction of sp³-hybridized carbons (Fsp3) is 0.333. The van der Waals surface area contributed by atoms with Crippen molar-refractivity contribution in [3.63, 3.8) is 0 Å². The maximum Gasteiger partial charge on any atom is 0.341 e. The van der Waals surface area contributed by atoms with Crippen molar-refractivity contribution < 1.29 is 14.3 Å². The van der Waals surface area contributed by atoms with Crippen LogP contribution in [0.1, 0.15) is 17.3 Å². The van der Waals surface area contributed by atoms with Crippen molar-refractivity contribution in [2.45, 2.75) is 6.92 Å². The van der Waals surface area contributed by atoms with Gasteiger partial charge in [-0.2, -0.15) is 0 Å². The Hall–Kier alpha value is -0.880. The van der Waals surface area contributed by atoms with Crippen LogP contribution in [-0.2, 0) is 9.53 Å². The van der Waals surface area contributed by atoms with E-state index in [9.17, 15) is 9.59 Å². The Bertz CT molecular complexity index is 364. The van der Waals surface area contributed by atoms with E-state index in [2.05, 4.69) is 21.2 Å². The van der Waals surface area contributed by atoms with Gasteiger partial charge < -0.3 is 10.1 Å². The van der Waals surface area contributed by atoms with Crippen LogP contribution in [0.5, 0.6) is 0 Å². The van der Waals surface area contributed by atoms with Crippen LogP contribution >= 0.6 is 27.3 Å². The fourth-order valence-electron chi connectivity index (χ4n) is 0.936. The van der Waals surface area contributed by atoms with E-state index in [1.165, 1.54) is 11.3 Å². The highest BCUT2D eigenvalue weighted by Crippen LogP contribution is 2.23. The van der Waals surface area contributed by atoms with Gasteiger partial charge in [0, 0.05) is 0 Å². The zero-order chi connectivity index (χ0) is 11.3. The molecule has 4 nitrogen and oxygen atoms in total. The summed E-state index contributed by atoms with van der Waals surface area (Å²) in [5.41, 5.74) is 0.399. The van der Waals surface area contributed by atoms with E-state index in [4.69, 9.17) is 4.74 Å². The van der Waals surface area contributed by atoms with Gasteiger partial charge >= 0.3 is 5.97 Å². The van der Waals surface area contributed by atoms with Gasteiger partial charge in [-0.15, -0.1) is 11.3 Å². The molecule has 0 aromatic carbocycles. The van der Waals surface area contributed by atoms with E-state index in [1.54, 1.807) is 18.4 Å². The molecular weight excluding hydrogens is 282 g/mol. The maximum atomic E-state index is 11.4. The van der Waals surface area contributed by atoms with E-state index in [0.717, 1.165) is 0 Å². The largest absolute Gasteiger partial charge is 0.462 e. The van der Waals surface area contributed by atoms with Crippen molar-refractivity contribution in [3.8, 4) is 0 Å². The first kappa shape index (κ1) is 12.2. The number of carbonyl (C=O) groups excluding carboxylic acids is 2. The van der Waals surface area contributed by atoms with Crippen molar-refractivity contribution in [1.29, 1.82) is 0 Å². The molecule has 0 atom stereocenters. The van der Waals surface area contributed by atoms with Gasteiger partial charge in [-0.1, -0.05) is 15.9 Å². The van der Waals surface area contributed by atoms with Crippen LogP contribution in [-0.4, -0.2) is 23.8 Å². The summed E-state index contributed by atoms with van der Waals surface area (Å²) in [7, 11) is 0. The highest BCUT2D eigenvalue weighted by molar-refractivity contribution is 9.09. The highest BCUT2D eigenvalue weighted by atomic mass is 79.9. The van der Waals surface area contributed by atoms with Crippen LogP contribution < -0.4 is 5.32 Å². The number of rotatable bonds is 4. The van der Waals surface area contributed by atoms with Crippen molar-refractivity contribution in [2.24, 2.45) is 0 Å². The molecule has 0 unspecified atom stereocenters. The van der Waals surface area contributed by atoms with E-state index < -0.39 is 5.97 Å². The molecular formula is C9H10BrNO3S. The van der Waals surface area contributed by atoms with Crippen LogP contribution in [0.2, 0.25) is 0 Å². The van der Waals surface area contributed by atoms with Gasteiger partial charge in [0.1, 0.15) is 5.00 Å². The summed E-state index contributed by atoms with van der Waals surface area (Å²) < 4.78 is 4.85. The number of halogens is 1. The second-order valence-corrected chi connectivity index (χ2v) is 4.04. The molecule has 1 heterocycles. The van der Waals surface area contributed by atoms with Crippen LogP contribution in [0, 0.1) is 0 Å². The van der Waals surface area contributed by atoms with Gasteiger partial charge in [0.05, 0.1) is 17.5 Å². The molecule has 0 fully saturated rings. The van der Waals surface area contributed by atoms with Crippen molar-refractivity contribution in [2.75, 3.05) is 17.3 Å². The number of ether oxygens (including phenoxy) is 1. The van der Waals surface area contributed by atoms with Crippen molar-refractivity contribution in [3.05, 3.63) is 17.0 Å². The lowest BCUT2D eigenvalue weighted by atomic mass is 10.3. The number of esters is 1. The van der Waals surface area contributed by atoms with Crippen LogP contribution in [0.3, 0.4) is 0 Å². The van der Waals surface area contributed by atoms with Gasteiger partial charge in [-0.25, -0.2) is 4.79 Å². The van der Waals surface area contributed by atoms with Gasteiger partial charge in [0.25, 0.3) is 0 Å². The first-order chi connectivity index (χ1) is 7.19. The summed E-state index contributed by atoms with van der Waals surface area (Å²) in [6, 6.07) is 1.63. The second-order valence-electron chi connectivity index (χ2n) is 2.57. The molecule has 0 bridgehead atoms. The standard InChI is InChI=1S/C9H10BrNO3S/c1-2-14-9(13)6-3-4-15-8(6)11-7(12)5-10/h3-4H,2,5H2,1H3,(H,11,12). The quantitative estimate of drug-likeness (QED) is 0.684. The molecule has 0 saturated carbocycles. The third-order valence-electron chi connectivity index (χ3n) is 1.53.